The van der Waals surface area contributed by atoms with E-state index >= 15 is 0 Å². The fourth-order valence-electron chi connectivity index (χ4n) is 7.95. The first-order valence-electron chi connectivity index (χ1n) is 16.5. The van der Waals surface area contributed by atoms with Crippen LogP contribution < -0.4 is 9.64 Å². The van der Waals surface area contributed by atoms with E-state index in [1.807, 2.05) is 42.3 Å². The second-order valence-electron chi connectivity index (χ2n) is 13.7. The Morgan fingerprint density at radius 2 is 2.02 bits per heavy atom. The number of halogens is 1. The Morgan fingerprint density at radius 1 is 1.19 bits per heavy atom. The van der Waals surface area contributed by atoms with Crippen LogP contribution in [0.1, 0.15) is 55.2 Å². The Labute approximate surface area is 281 Å². The lowest BCUT2D eigenvalue weighted by molar-refractivity contribution is -0.163. The van der Waals surface area contributed by atoms with Gasteiger partial charge in [-0.2, -0.15) is 0 Å². The standard InChI is InChI=1S/C37H45ClN2O7/c1-24-19-37(44,35(43)45-3)27-10-14-33-31(18-27)40(22-36(23-47-33)15-6-7-25-17-28(38)11-13-30(25)36)20-26-9-12-29(26)32(46-21-34(41)42)8-4-5-16-39(24)2/h4,8,10-11,13-14,17-18,26,29,32,44H,1,5-7,9,12,15-16,19-23H2,2-3H3,(H,41,42)/b8-4+/t26-,29+,32-,36-,37+/m0/s1. The smallest absolute Gasteiger partial charge is 0.342 e. The highest BCUT2D eigenvalue weighted by atomic mass is 35.5. The van der Waals surface area contributed by atoms with E-state index in [1.54, 1.807) is 6.07 Å². The lowest BCUT2D eigenvalue weighted by atomic mass is 9.68. The number of carboxylic acid groups (broad SMARTS) is 1. The quantitative estimate of drug-likeness (QED) is 0.325. The van der Waals surface area contributed by atoms with Crippen LogP contribution in [0.2, 0.25) is 5.02 Å². The zero-order valence-corrected chi connectivity index (χ0v) is 28.0. The van der Waals surface area contributed by atoms with Crippen molar-refractivity contribution in [2.45, 2.75) is 62.1 Å². The third-order valence-electron chi connectivity index (χ3n) is 10.7. The predicted octanol–water partition coefficient (Wildman–Crippen LogP) is 5.47. The molecule has 6 rings (SSSR count). The number of aliphatic hydroxyl groups is 1. The molecule has 2 aliphatic carbocycles. The SMILES string of the molecule is C=C1C[C@](O)(C(=O)OC)c2ccc3c(c2)N(C[C@@H]2CC[C@H]2[C@@H](OCC(=O)O)/C=C/CCN1C)C[C@@]1(CCCc2cc(Cl)ccc21)CO3. The number of esters is 1. The van der Waals surface area contributed by atoms with E-state index in [0.29, 0.717) is 49.7 Å². The van der Waals surface area contributed by atoms with Crippen molar-refractivity contribution >= 4 is 29.2 Å². The molecule has 4 aliphatic rings. The van der Waals surface area contributed by atoms with Gasteiger partial charge in [-0.3, -0.25) is 0 Å². The Balaban J connectivity index is 1.45. The van der Waals surface area contributed by atoms with Crippen molar-refractivity contribution in [1.82, 2.24) is 4.90 Å². The highest BCUT2D eigenvalue weighted by molar-refractivity contribution is 6.30. The molecule has 1 fully saturated rings. The number of nitrogens with zero attached hydrogens (tertiary/aromatic N) is 2. The lowest BCUT2D eigenvalue weighted by Gasteiger charge is -2.46. The molecule has 2 heterocycles. The van der Waals surface area contributed by atoms with E-state index in [0.717, 1.165) is 42.8 Å². The normalized spacial score (nSPS) is 29.9. The number of fused-ring (bicyclic) bond motifs is 4. The number of benzene rings is 2. The second-order valence-corrected chi connectivity index (χ2v) is 14.1. The number of hydrogen-bond donors (Lipinski definition) is 2. The highest BCUT2D eigenvalue weighted by Crippen LogP contribution is 2.48. The summed E-state index contributed by atoms with van der Waals surface area (Å²) in [4.78, 5) is 29.1. The molecular formula is C37H45ClN2O7. The first-order chi connectivity index (χ1) is 22.5. The van der Waals surface area contributed by atoms with Gasteiger partial charge in [0.25, 0.3) is 0 Å². The Morgan fingerprint density at radius 3 is 2.77 bits per heavy atom. The van der Waals surface area contributed by atoms with E-state index in [1.165, 1.54) is 18.2 Å². The predicted molar refractivity (Wildman–Crippen MR) is 180 cm³/mol. The van der Waals surface area contributed by atoms with Crippen molar-refractivity contribution in [1.29, 1.82) is 0 Å². The maximum absolute atomic E-state index is 13.3. The topological polar surface area (TPSA) is 109 Å². The molecule has 0 saturated heterocycles. The number of rotatable bonds is 4. The number of aryl methyl sites for hydroxylation is 1. The van der Waals surface area contributed by atoms with Crippen LogP contribution in [0.5, 0.6) is 5.75 Å². The molecule has 10 heteroatoms. The van der Waals surface area contributed by atoms with Gasteiger partial charge < -0.3 is 34.2 Å². The number of carbonyl (C=O) groups excluding carboxylic acids is 1. The molecule has 9 nitrogen and oxygen atoms in total. The number of aliphatic carboxylic acids is 1. The molecule has 2 aromatic carbocycles. The molecule has 0 unspecified atom stereocenters. The van der Waals surface area contributed by atoms with Gasteiger partial charge in [0.2, 0.25) is 0 Å². The third kappa shape index (κ3) is 6.62. The van der Waals surface area contributed by atoms with Crippen LogP contribution in [0.3, 0.4) is 0 Å². The van der Waals surface area contributed by atoms with Gasteiger partial charge in [0.1, 0.15) is 12.4 Å². The van der Waals surface area contributed by atoms with Crippen molar-refractivity contribution in [2.75, 3.05) is 51.9 Å². The van der Waals surface area contributed by atoms with Crippen LogP contribution in [-0.4, -0.2) is 80.2 Å². The van der Waals surface area contributed by atoms with Gasteiger partial charge in [-0.25, -0.2) is 9.59 Å². The van der Waals surface area contributed by atoms with E-state index in [2.05, 4.69) is 23.6 Å². The average Bonchev–Trinajstić information content (AvgIpc) is 3.19. The van der Waals surface area contributed by atoms with Crippen molar-refractivity contribution in [3.8, 4) is 5.75 Å². The fourth-order valence-corrected chi connectivity index (χ4v) is 8.14. The molecule has 47 heavy (non-hydrogen) atoms. The maximum atomic E-state index is 13.3. The highest BCUT2D eigenvalue weighted by Gasteiger charge is 2.46. The van der Waals surface area contributed by atoms with Crippen LogP contribution in [0.4, 0.5) is 5.69 Å². The average molecular weight is 665 g/mol. The minimum Gasteiger partial charge on any atom is -0.490 e. The zero-order valence-electron chi connectivity index (χ0n) is 27.3. The van der Waals surface area contributed by atoms with Crippen LogP contribution >= 0.6 is 11.6 Å². The van der Waals surface area contributed by atoms with Gasteiger partial charge >= 0.3 is 11.9 Å². The van der Waals surface area contributed by atoms with Gasteiger partial charge in [-0.15, -0.1) is 0 Å². The van der Waals surface area contributed by atoms with Crippen molar-refractivity contribution in [2.24, 2.45) is 11.8 Å². The van der Waals surface area contributed by atoms with Crippen LogP contribution in [0, 0.1) is 11.8 Å². The molecule has 0 aromatic heterocycles. The summed E-state index contributed by atoms with van der Waals surface area (Å²) in [6.45, 7) is 6.27. The maximum Gasteiger partial charge on any atom is 0.342 e. The lowest BCUT2D eigenvalue weighted by Crippen LogP contribution is -2.50. The molecule has 0 amide bonds. The van der Waals surface area contributed by atoms with Gasteiger partial charge in [-0.1, -0.05) is 42.5 Å². The number of methoxy groups -OCH3 is 1. The van der Waals surface area contributed by atoms with Crippen molar-refractivity contribution in [3.63, 3.8) is 0 Å². The first-order valence-corrected chi connectivity index (χ1v) is 16.9. The van der Waals surface area contributed by atoms with Gasteiger partial charge in [-0.05, 0) is 91.3 Å². The van der Waals surface area contributed by atoms with E-state index < -0.39 is 17.5 Å². The van der Waals surface area contributed by atoms with Gasteiger partial charge in [0.05, 0.1) is 25.5 Å². The van der Waals surface area contributed by atoms with Crippen LogP contribution in [0.25, 0.3) is 0 Å². The monoisotopic (exact) mass is 664 g/mol. The summed E-state index contributed by atoms with van der Waals surface area (Å²) < 4.78 is 17.8. The van der Waals surface area contributed by atoms with Crippen molar-refractivity contribution < 1.29 is 34.0 Å². The number of ether oxygens (including phenoxy) is 3. The minimum absolute atomic E-state index is 0.0490. The molecule has 2 N–H and O–H groups in total. The summed E-state index contributed by atoms with van der Waals surface area (Å²) >= 11 is 6.44. The first kappa shape index (κ1) is 33.4. The molecule has 1 spiro atoms. The summed E-state index contributed by atoms with van der Waals surface area (Å²) in [7, 11) is 3.16. The molecule has 0 radical (unpaired) electrons. The minimum atomic E-state index is -1.96. The van der Waals surface area contributed by atoms with Gasteiger partial charge in [0.15, 0.2) is 5.60 Å². The number of carboxylic acids is 1. The summed E-state index contributed by atoms with van der Waals surface area (Å²) in [6.07, 6.45) is 9.14. The largest absolute Gasteiger partial charge is 0.490 e. The Kier molecular flexibility index (Phi) is 9.61. The number of carbonyl (C=O) groups is 2. The molecule has 2 aliphatic heterocycles. The Bertz CT molecular complexity index is 1560. The molecule has 1 saturated carbocycles. The summed E-state index contributed by atoms with van der Waals surface area (Å²) in [5.74, 6) is -0.679. The fraction of sp³-hybridized carbons (Fsp3) is 0.514. The van der Waals surface area contributed by atoms with E-state index in [9.17, 15) is 19.8 Å². The summed E-state index contributed by atoms with van der Waals surface area (Å²) in [5, 5.41) is 22.2. The summed E-state index contributed by atoms with van der Waals surface area (Å²) in [6, 6.07) is 11.6. The summed E-state index contributed by atoms with van der Waals surface area (Å²) in [5.41, 5.74) is 2.03. The van der Waals surface area contributed by atoms with Gasteiger partial charge in [0, 0.05) is 49.2 Å². The Hall–Kier alpha value is -3.53. The molecule has 2 bridgehead atoms. The molecule has 2 aromatic rings. The van der Waals surface area contributed by atoms with Crippen LogP contribution in [0.15, 0.2) is 60.8 Å². The number of hydrogen-bond acceptors (Lipinski definition) is 8. The molecule has 5 atom stereocenters. The van der Waals surface area contributed by atoms with Crippen LogP contribution in [-0.2, 0) is 36.5 Å². The zero-order chi connectivity index (χ0) is 33.3. The number of anilines is 1. The third-order valence-corrected chi connectivity index (χ3v) is 11.0. The van der Waals surface area contributed by atoms with E-state index in [-0.39, 0.29) is 36.4 Å². The molecular weight excluding hydrogens is 620 g/mol. The van der Waals surface area contributed by atoms with E-state index in [4.69, 9.17) is 25.8 Å². The van der Waals surface area contributed by atoms with Crippen molar-refractivity contribution in [3.05, 3.63) is 82.5 Å². The molecule has 252 valence electrons. The second kappa shape index (κ2) is 13.5.